The van der Waals surface area contributed by atoms with Crippen molar-refractivity contribution in [2.45, 2.75) is 56.6 Å². The maximum atomic E-state index is 13.7. The van der Waals surface area contributed by atoms with Crippen molar-refractivity contribution < 1.29 is 33.2 Å². The molecule has 9 nitrogen and oxygen atoms in total. The van der Waals surface area contributed by atoms with Gasteiger partial charge >= 0.3 is 13.2 Å². The predicted octanol–water partition coefficient (Wildman–Crippen LogP) is 1.51. The molecule has 0 radical (unpaired) electrons. The molecule has 0 saturated carbocycles. The summed E-state index contributed by atoms with van der Waals surface area (Å²) in [7, 11) is -1.80. The van der Waals surface area contributed by atoms with Gasteiger partial charge in [0.1, 0.15) is 17.7 Å². The fourth-order valence-corrected chi connectivity index (χ4v) is 4.43. The summed E-state index contributed by atoms with van der Waals surface area (Å²) in [5.74, 6) is -4.35. The molecule has 3 rings (SSSR count). The number of benzene rings is 1. The van der Waals surface area contributed by atoms with Crippen molar-refractivity contribution in [3.63, 3.8) is 0 Å². The molecule has 2 atom stereocenters. The minimum absolute atomic E-state index is 0.0541. The number of nitriles is 1. The lowest BCUT2D eigenvalue weighted by atomic mass is 9.76. The number of nitrogens with zero attached hydrogens (tertiary/aromatic N) is 3. The lowest BCUT2D eigenvalue weighted by Crippen LogP contribution is -2.48. The average molecular weight is 504 g/mol. The number of nitrogens with one attached hydrogen (secondary N) is 1. The van der Waals surface area contributed by atoms with Crippen molar-refractivity contribution >= 4 is 19.1 Å². The minimum atomic E-state index is -2.80. The first-order valence-electron chi connectivity index (χ1n) is 11.8. The van der Waals surface area contributed by atoms with E-state index in [2.05, 4.69) is 5.32 Å². The second-order valence-electron chi connectivity index (χ2n) is 9.77. The van der Waals surface area contributed by atoms with Crippen LogP contribution in [0.25, 0.3) is 0 Å². The van der Waals surface area contributed by atoms with E-state index < -0.39 is 49.2 Å². The van der Waals surface area contributed by atoms with Crippen LogP contribution in [-0.4, -0.2) is 88.7 Å². The van der Waals surface area contributed by atoms with Crippen LogP contribution in [0.15, 0.2) is 42.0 Å². The number of likely N-dealkylation sites (tertiary alicyclic amines) is 2. The van der Waals surface area contributed by atoms with Gasteiger partial charge in [-0.05, 0) is 31.9 Å². The zero-order valence-electron chi connectivity index (χ0n) is 20.4. The SMILES string of the molecule is CC(C)(C=C(C#N)C(=O)N1CC[C@H](OC(=O)N[C@@H](Cc2ccccc2)B(O)O)C1)N1CCC(F)(F)C1. The summed E-state index contributed by atoms with van der Waals surface area (Å²) in [6, 6.07) is 10.9. The van der Waals surface area contributed by atoms with Crippen molar-refractivity contribution in [1.29, 1.82) is 5.26 Å². The Labute approximate surface area is 209 Å². The summed E-state index contributed by atoms with van der Waals surface area (Å²) in [5, 5.41) is 31.3. The second-order valence-corrected chi connectivity index (χ2v) is 9.77. The number of rotatable bonds is 8. The van der Waals surface area contributed by atoms with Crippen LogP contribution in [0.2, 0.25) is 0 Å². The molecule has 2 saturated heterocycles. The molecule has 36 heavy (non-hydrogen) atoms. The number of alkyl halides is 2. The maximum absolute atomic E-state index is 13.7. The van der Waals surface area contributed by atoms with Crippen molar-refractivity contribution in [3.8, 4) is 6.07 Å². The van der Waals surface area contributed by atoms with Crippen LogP contribution in [0, 0.1) is 11.3 Å². The fourth-order valence-electron chi connectivity index (χ4n) is 4.43. The Morgan fingerprint density at radius 1 is 1.33 bits per heavy atom. The van der Waals surface area contributed by atoms with E-state index in [1.165, 1.54) is 11.0 Å². The molecule has 194 valence electrons. The molecule has 12 heteroatoms. The highest BCUT2D eigenvalue weighted by Crippen LogP contribution is 2.33. The molecule has 0 spiro atoms. The number of hydrogen-bond acceptors (Lipinski definition) is 7. The number of hydrogen-bond donors (Lipinski definition) is 3. The minimum Gasteiger partial charge on any atom is -0.444 e. The predicted molar refractivity (Wildman–Crippen MR) is 128 cm³/mol. The number of halogens is 2. The molecule has 2 amide bonds. The van der Waals surface area contributed by atoms with Gasteiger partial charge in [-0.1, -0.05) is 30.3 Å². The van der Waals surface area contributed by atoms with Crippen LogP contribution >= 0.6 is 0 Å². The van der Waals surface area contributed by atoms with E-state index in [0.29, 0.717) is 6.42 Å². The van der Waals surface area contributed by atoms with Gasteiger partial charge in [-0.2, -0.15) is 5.26 Å². The third-order valence-corrected chi connectivity index (χ3v) is 6.50. The molecule has 1 aromatic carbocycles. The standard InChI is InChI=1S/C24H31BF2N4O5/c1-23(2,31-11-9-24(26,27)16-31)13-18(14-28)21(32)30-10-8-19(15-30)36-22(33)29-20(25(34)35)12-17-6-4-3-5-7-17/h3-7,13,19-20,34-35H,8-12,15-16H2,1-2H3,(H,29,33)/t19-,20-/m0/s1. The highest BCUT2D eigenvalue weighted by Gasteiger charge is 2.43. The normalized spacial score (nSPS) is 21.1. The zero-order chi connectivity index (χ0) is 26.5. The van der Waals surface area contributed by atoms with Crippen LogP contribution in [0.5, 0.6) is 0 Å². The van der Waals surface area contributed by atoms with Crippen LogP contribution in [0.3, 0.4) is 0 Å². The van der Waals surface area contributed by atoms with Gasteiger partial charge in [0.15, 0.2) is 0 Å². The van der Waals surface area contributed by atoms with Crippen molar-refractivity contribution in [2.24, 2.45) is 0 Å². The van der Waals surface area contributed by atoms with Gasteiger partial charge in [0.05, 0.1) is 19.0 Å². The Morgan fingerprint density at radius 3 is 2.61 bits per heavy atom. The molecule has 2 heterocycles. The second kappa shape index (κ2) is 11.4. The summed E-state index contributed by atoms with van der Waals surface area (Å²) < 4.78 is 32.7. The average Bonchev–Trinajstić information content (AvgIpc) is 3.43. The first-order chi connectivity index (χ1) is 16.9. The molecule has 0 aromatic heterocycles. The summed E-state index contributed by atoms with van der Waals surface area (Å²) in [5.41, 5.74) is -0.286. The summed E-state index contributed by atoms with van der Waals surface area (Å²) in [6.07, 6.45) is 0.159. The first kappa shape index (κ1) is 27.6. The van der Waals surface area contributed by atoms with E-state index >= 15 is 0 Å². The lowest BCUT2D eigenvalue weighted by molar-refractivity contribution is -0.126. The summed E-state index contributed by atoms with van der Waals surface area (Å²) >= 11 is 0. The number of alkyl carbamates (subject to hydrolysis) is 1. The van der Waals surface area contributed by atoms with Gasteiger partial charge in [-0.3, -0.25) is 9.69 Å². The molecule has 0 unspecified atom stereocenters. The van der Waals surface area contributed by atoms with E-state index in [1.807, 2.05) is 12.1 Å². The topological polar surface area (TPSA) is 126 Å². The molecule has 0 aliphatic carbocycles. The van der Waals surface area contributed by atoms with E-state index in [-0.39, 0.29) is 38.0 Å². The number of amides is 2. The Kier molecular flexibility index (Phi) is 8.71. The summed E-state index contributed by atoms with van der Waals surface area (Å²) in [4.78, 5) is 28.2. The highest BCUT2D eigenvalue weighted by atomic mass is 19.3. The molecule has 0 bridgehead atoms. The third kappa shape index (κ3) is 7.26. The van der Waals surface area contributed by atoms with Gasteiger partial charge in [0, 0.05) is 31.5 Å². The van der Waals surface area contributed by atoms with Crippen molar-refractivity contribution in [2.75, 3.05) is 26.2 Å². The van der Waals surface area contributed by atoms with Gasteiger partial charge in [-0.25, -0.2) is 13.6 Å². The number of ether oxygens (including phenoxy) is 1. The van der Waals surface area contributed by atoms with Gasteiger partial charge in [0.25, 0.3) is 11.8 Å². The van der Waals surface area contributed by atoms with Gasteiger partial charge < -0.3 is 25.0 Å². The summed E-state index contributed by atoms with van der Waals surface area (Å²) in [6.45, 7) is 3.38. The Bertz CT molecular complexity index is 1020. The smallest absolute Gasteiger partial charge is 0.444 e. The Balaban J connectivity index is 1.56. The van der Waals surface area contributed by atoms with Crippen LogP contribution in [-0.2, 0) is 16.0 Å². The van der Waals surface area contributed by atoms with E-state index in [1.54, 1.807) is 43.0 Å². The molecule has 3 N–H and O–H groups in total. The Hall–Kier alpha value is -3.01. The van der Waals surface area contributed by atoms with Crippen molar-refractivity contribution in [1.82, 2.24) is 15.1 Å². The largest absolute Gasteiger partial charge is 0.475 e. The molecular weight excluding hydrogens is 473 g/mol. The van der Waals surface area contributed by atoms with Crippen molar-refractivity contribution in [3.05, 3.63) is 47.5 Å². The van der Waals surface area contributed by atoms with E-state index in [4.69, 9.17) is 4.74 Å². The Morgan fingerprint density at radius 2 is 2.03 bits per heavy atom. The zero-order valence-corrected chi connectivity index (χ0v) is 20.4. The lowest BCUT2D eigenvalue weighted by Gasteiger charge is -2.33. The molecule has 2 aliphatic rings. The molecule has 2 aliphatic heterocycles. The van der Waals surface area contributed by atoms with Crippen LogP contribution in [0.4, 0.5) is 13.6 Å². The van der Waals surface area contributed by atoms with Crippen LogP contribution < -0.4 is 5.32 Å². The third-order valence-electron chi connectivity index (χ3n) is 6.50. The van der Waals surface area contributed by atoms with E-state index in [9.17, 15) is 33.7 Å². The van der Waals surface area contributed by atoms with Gasteiger partial charge in [-0.15, -0.1) is 0 Å². The fraction of sp³-hybridized carbons (Fsp3) is 0.542. The highest BCUT2D eigenvalue weighted by molar-refractivity contribution is 6.43. The monoisotopic (exact) mass is 504 g/mol. The quantitative estimate of drug-likeness (QED) is 0.278. The number of carbonyl (C=O) groups excluding carboxylic acids is 2. The number of carbonyl (C=O) groups is 2. The molecular formula is C24H31BF2N4O5. The molecule has 1 aromatic rings. The molecule has 2 fully saturated rings. The van der Waals surface area contributed by atoms with Gasteiger partial charge in [0.2, 0.25) is 0 Å². The maximum Gasteiger partial charge on any atom is 0.475 e. The first-order valence-corrected chi connectivity index (χ1v) is 11.8. The van der Waals surface area contributed by atoms with Crippen LogP contribution in [0.1, 0.15) is 32.3 Å². The van der Waals surface area contributed by atoms with E-state index in [0.717, 1.165) is 5.56 Å².